The van der Waals surface area contributed by atoms with Crippen molar-refractivity contribution in [2.24, 2.45) is 5.92 Å². The van der Waals surface area contributed by atoms with Crippen molar-refractivity contribution in [3.63, 3.8) is 0 Å². The van der Waals surface area contributed by atoms with Crippen molar-refractivity contribution in [1.29, 1.82) is 0 Å². The molecule has 0 radical (unpaired) electrons. The quantitative estimate of drug-likeness (QED) is 0.624. The molecule has 5 nitrogen and oxygen atoms in total. The van der Waals surface area contributed by atoms with Crippen molar-refractivity contribution in [2.45, 2.75) is 52.0 Å². The number of anilines is 1. The van der Waals surface area contributed by atoms with Crippen molar-refractivity contribution in [3.8, 4) is 5.75 Å². The molecule has 1 aromatic rings. The molecule has 5 heteroatoms. The first-order valence-corrected chi connectivity index (χ1v) is 7.78. The third-order valence-electron chi connectivity index (χ3n) is 4.00. The van der Waals surface area contributed by atoms with Crippen molar-refractivity contribution < 1.29 is 9.66 Å². The average molecular weight is 292 g/mol. The van der Waals surface area contributed by atoms with Gasteiger partial charge in [0.1, 0.15) is 0 Å². The van der Waals surface area contributed by atoms with Crippen LogP contribution in [-0.4, -0.2) is 17.6 Å². The molecule has 0 amide bonds. The Morgan fingerprint density at radius 1 is 1.33 bits per heavy atom. The highest BCUT2D eigenvalue weighted by atomic mass is 16.6. The maximum absolute atomic E-state index is 11.0. The van der Waals surface area contributed by atoms with E-state index >= 15 is 0 Å². The molecule has 0 aliphatic heterocycles. The highest BCUT2D eigenvalue weighted by Crippen LogP contribution is 2.32. The molecule has 116 valence electrons. The molecular weight excluding hydrogens is 268 g/mol. The number of rotatable bonds is 6. The molecule has 0 bridgehead atoms. The van der Waals surface area contributed by atoms with Gasteiger partial charge in [-0.15, -0.1) is 0 Å². The second kappa shape index (κ2) is 7.29. The van der Waals surface area contributed by atoms with E-state index in [-0.39, 0.29) is 5.69 Å². The van der Waals surface area contributed by atoms with Crippen LogP contribution in [0.3, 0.4) is 0 Å². The normalized spacial score (nSPS) is 21.8. The largest absolute Gasteiger partial charge is 0.487 e. The van der Waals surface area contributed by atoms with Crippen LogP contribution in [0.4, 0.5) is 11.4 Å². The van der Waals surface area contributed by atoms with Crippen LogP contribution in [-0.2, 0) is 0 Å². The molecule has 0 unspecified atom stereocenters. The van der Waals surface area contributed by atoms with Crippen LogP contribution in [0.25, 0.3) is 0 Å². The van der Waals surface area contributed by atoms with Gasteiger partial charge in [-0.2, -0.15) is 0 Å². The second-order valence-electron chi connectivity index (χ2n) is 5.89. The Morgan fingerprint density at radius 2 is 2.05 bits per heavy atom. The predicted octanol–water partition coefficient (Wildman–Crippen LogP) is 4.37. The van der Waals surface area contributed by atoms with Crippen LogP contribution in [0.1, 0.15) is 46.0 Å². The molecule has 1 saturated carbocycles. The number of nitrogens with one attached hydrogen (secondary N) is 1. The summed E-state index contributed by atoms with van der Waals surface area (Å²) in [5.74, 6) is 1.17. The lowest BCUT2D eigenvalue weighted by Crippen LogP contribution is -2.25. The minimum absolute atomic E-state index is 0.0336. The highest BCUT2D eigenvalue weighted by Gasteiger charge is 2.20. The van der Waals surface area contributed by atoms with Gasteiger partial charge in [0.2, 0.25) is 0 Å². The Kier molecular flexibility index (Phi) is 5.42. The predicted molar refractivity (Wildman–Crippen MR) is 83.9 cm³/mol. The van der Waals surface area contributed by atoms with Crippen LogP contribution in [0.2, 0.25) is 0 Å². The summed E-state index contributed by atoms with van der Waals surface area (Å²) in [5, 5.41) is 14.5. The van der Waals surface area contributed by atoms with Gasteiger partial charge in [0.05, 0.1) is 11.5 Å². The van der Waals surface area contributed by atoms with Crippen molar-refractivity contribution >= 4 is 11.4 Å². The Bertz CT molecular complexity index is 482. The van der Waals surface area contributed by atoms with Crippen LogP contribution < -0.4 is 10.1 Å². The summed E-state index contributed by atoms with van der Waals surface area (Å²) >= 11 is 0. The lowest BCUT2D eigenvalue weighted by Gasteiger charge is -2.27. The Morgan fingerprint density at radius 3 is 2.67 bits per heavy atom. The zero-order valence-electron chi connectivity index (χ0n) is 12.8. The van der Waals surface area contributed by atoms with Crippen LogP contribution in [0, 0.1) is 16.0 Å². The Labute approximate surface area is 125 Å². The second-order valence-corrected chi connectivity index (χ2v) is 5.89. The van der Waals surface area contributed by atoms with Crippen molar-refractivity contribution in [2.75, 3.05) is 11.9 Å². The van der Waals surface area contributed by atoms with Gasteiger partial charge >= 0.3 is 5.69 Å². The summed E-state index contributed by atoms with van der Waals surface area (Å²) in [7, 11) is 0. The van der Waals surface area contributed by atoms with E-state index in [1.165, 1.54) is 18.9 Å². The molecule has 0 heterocycles. The number of nitro benzene ring substituents is 1. The average Bonchev–Trinajstić information content (AvgIpc) is 2.47. The lowest BCUT2D eigenvalue weighted by atomic mass is 9.87. The van der Waals surface area contributed by atoms with Crippen LogP contribution in [0.5, 0.6) is 5.75 Å². The zero-order chi connectivity index (χ0) is 15.2. The monoisotopic (exact) mass is 292 g/mol. The summed E-state index contributed by atoms with van der Waals surface area (Å²) in [5.41, 5.74) is 0.942. The van der Waals surface area contributed by atoms with Gasteiger partial charge in [-0.3, -0.25) is 10.1 Å². The fourth-order valence-corrected chi connectivity index (χ4v) is 2.72. The van der Waals surface area contributed by atoms with Gasteiger partial charge in [0, 0.05) is 23.9 Å². The SMILES string of the molecule is CCCOc1cc(NC2CCC(C)CC2)ccc1[N+](=O)[O-]. The Balaban J connectivity index is 2.07. The van der Waals surface area contributed by atoms with Gasteiger partial charge in [-0.05, 0) is 44.1 Å². The van der Waals surface area contributed by atoms with E-state index in [0.717, 1.165) is 30.9 Å². The number of benzene rings is 1. The topological polar surface area (TPSA) is 64.4 Å². The maximum atomic E-state index is 11.0. The molecule has 1 aliphatic rings. The van der Waals surface area contributed by atoms with E-state index in [2.05, 4.69) is 12.2 Å². The van der Waals surface area contributed by atoms with E-state index < -0.39 is 4.92 Å². The Hall–Kier alpha value is -1.78. The van der Waals surface area contributed by atoms with E-state index in [1.54, 1.807) is 12.1 Å². The van der Waals surface area contributed by atoms with Gasteiger partial charge in [0.25, 0.3) is 0 Å². The lowest BCUT2D eigenvalue weighted by molar-refractivity contribution is -0.385. The molecule has 1 N–H and O–H groups in total. The first kappa shape index (κ1) is 15.6. The smallest absolute Gasteiger partial charge is 0.311 e. The first-order valence-electron chi connectivity index (χ1n) is 7.78. The number of hydrogen-bond donors (Lipinski definition) is 1. The summed E-state index contributed by atoms with van der Waals surface area (Å²) in [6, 6.07) is 5.52. The minimum atomic E-state index is -0.392. The molecule has 2 rings (SSSR count). The van der Waals surface area contributed by atoms with E-state index in [9.17, 15) is 10.1 Å². The van der Waals surface area contributed by atoms with E-state index in [1.807, 2.05) is 6.92 Å². The summed E-state index contributed by atoms with van der Waals surface area (Å²) in [6.45, 7) is 4.77. The number of hydrogen-bond acceptors (Lipinski definition) is 4. The summed E-state index contributed by atoms with van der Waals surface area (Å²) in [6.07, 6.45) is 5.62. The number of ether oxygens (including phenoxy) is 1. The minimum Gasteiger partial charge on any atom is -0.487 e. The van der Waals surface area contributed by atoms with Crippen molar-refractivity contribution in [1.82, 2.24) is 0 Å². The highest BCUT2D eigenvalue weighted by molar-refractivity contribution is 5.58. The van der Waals surface area contributed by atoms with Crippen LogP contribution in [0.15, 0.2) is 18.2 Å². The molecule has 1 aliphatic carbocycles. The molecular formula is C16H24N2O3. The summed E-state index contributed by atoms with van der Waals surface area (Å²) in [4.78, 5) is 10.6. The van der Waals surface area contributed by atoms with Gasteiger partial charge in [-0.25, -0.2) is 0 Å². The number of nitrogens with zero attached hydrogens (tertiary/aromatic N) is 1. The fraction of sp³-hybridized carbons (Fsp3) is 0.625. The van der Waals surface area contributed by atoms with Gasteiger partial charge in [0.15, 0.2) is 5.75 Å². The molecule has 0 aromatic heterocycles. The third kappa shape index (κ3) is 4.34. The molecule has 0 atom stereocenters. The molecule has 21 heavy (non-hydrogen) atoms. The first-order chi connectivity index (χ1) is 10.1. The zero-order valence-corrected chi connectivity index (χ0v) is 12.8. The van der Waals surface area contributed by atoms with Crippen LogP contribution >= 0.6 is 0 Å². The molecule has 1 aromatic carbocycles. The molecule has 0 saturated heterocycles. The molecule has 0 spiro atoms. The van der Waals surface area contributed by atoms with E-state index in [0.29, 0.717) is 18.4 Å². The maximum Gasteiger partial charge on any atom is 0.311 e. The number of nitro groups is 1. The summed E-state index contributed by atoms with van der Waals surface area (Å²) < 4.78 is 5.51. The third-order valence-corrected chi connectivity index (χ3v) is 4.00. The standard InChI is InChI=1S/C16H24N2O3/c1-3-10-21-16-11-14(8-9-15(16)18(19)20)17-13-6-4-12(2)5-7-13/h8-9,11-13,17H,3-7,10H2,1-2H3. The van der Waals surface area contributed by atoms with Crippen molar-refractivity contribution in [3.05, 3.63) is 28.3 Å². The van der Waals surface area contributed by atoms with Gasteiger partial charge in [-0.1, -0.05) is 13.8 Å². The van der Waals surface area contributed by atoms with Gasteiger partial charge < -0.3 is 10.1 Å². The molecule has 1 fully saturated rings. The van der Waals surface area contributed by atoms with E-state index in [4.69, 9.17) is 4.74 Å². The fourth-order valence-electron chi connectivity index (χ4n) is 2.72.